The molecule has 1 saturated heterocycles. The second-order valence-electron chi connectivity index (χ2n) is 8.22. The summed E-state index contributed by atoms with van der Waals surface area (Å²) in [7, 11) is 0. The number of carbonyl (C=O) groups is 1. The molecule has 172 valence electrons. The van der Waals surface area contributed by atoms with Gasteiger partial charge in [-0.15, -0.1) is 0 Å². The first-order chi connectivity index (χ1) is 15.9. The number of cyclic esters (lactones) is 1. The van der Waals surface area contributed by atoms with Crippen molar-refractivity contribution < 1.29 is 19.0 Å². The fourth-order valence-electron chi connectivity index (χ4n) is 4.31. The van der Waals surface area contributed by atoms with Crippen LogP contribution in [-0.4, -0.2) is 39.2 Å². The highest BCUT2D eigenvalue weighted by Gasteiger charge is 2.43. The summed E-state index contributed by atoms with van der Waals surface area (Å²) in [5, 5.41) is 9.34. The summed E-state index contributed by atoms with van der Waals surface area (Å²) >= 11 is 0. The van der Waals surface area contributed by atoms with Gasteiger partial charge in [-0.2, -0.15) is 4.98 Å². The molecular weight excluding hydrogens is 425 g/mol. The number of amides is 1. The Labute approximate surface area is 190 Å². The molecule has 8 heteroatoms. The minimum Gasteiger partial charge on any atom is -0.438 e. The average Bonchev–Trinajstić information content (AvgIpc) is 2.83. The van der Waals surface area contributed by atoms with Gasteiger partial charge in [-0.1, -0.05) is 36.4 Å². The molecular formula is C25H26FN3O4. The van der Waals surface area contributed by atoms with Crippen molar-refractivity contribution in [1.82, 2.24) is 14.9 Å². The maximum absolute atomic E-state index is 13.4. The van der Waals surface area contributed by atoms with Gasteiger partial charge < -0.3 is 19.7 Å². The molecule has 3 aromatic rings. The zero-order valence-corrected chi connectivity index (χ0v) is 18.3. The number of H-pyrrole nitrogens is 1. The van der Waals surface area contributed by atoms with Gasteiger partial charge in [0, 0.05) is 31.3 Å². The number of benzene rings is 2. The Morgan fingerprint density at radius 2 is 1.88 bits per heavy atom. The number of halogens is 1. The van der Waals surface area contributed by atoms with Crippen LogP contribution >= 0.6 is 0 Å². The number of ether oxygens (including phenoxy) is 1. The van der Waals surface area contributed by atoms with Gasteiger partial charge in [0.2, 0.25) is 0 Å². The van der Waals surface area contributed by atoms with Crippen LogP contribution in [0.3, 0.4) is 0 Å². The van der Waals surface area contributed by atoms with Crippen LogP contribution in [0.2, 0.25) is 0 Å². The van der Waals surface area contributed by atoms with E-state index in [1.165, 1.54) is 12.1 Å². The summed E-state index contributed by atoms with van der Waals surface area (Å²) in [5.74, 6) is -0.354. The molecule has 7 nitrogen and oxygen atoms in total. The topological polar surface area (TPSA) is 95.5 Å². The fraction of sp³-hybridized carbons (Fsp3) is 0.320. The van der Waals surface area contributed by atoms with Gasteiger partial charge in [0.1, 0.15) is 11.4 Å². The van der Waals surface area contributed by atoms with Crippen molar-refractivity contribution in [2.75, 3.05) is 13.2 Å². The van der Waals surface area contributed by atoms with Gasteiger partial charge in [-0.05, 0) is 49.1 Å². The van der Waals surface area contributed by atoms with Crippen LogP contribution in [0.1, 0.15) is 43.4 Å². The van der Waals surface area contributed by atoms with Gasteiger partial charge in [-0.3, -0.25) is 0 Å². The Morgan fingerprint density at radius 1 is 1.15 bits per heavy atom. The standard InChI is InChI=1S/C25H26FN3O4/c1-17(18-3-5-19(6-4-18)22-11-14-27-23(31)28-22)29-15-13-25(12-2-16-30,33-24(29)32)20-7-9-21(26)10-8-20/h3-11,14,17,30H,2,12-13,15-16H2,1H3,(H,27,28,31)/t17?,25-/m1/s1. The number of hydrogen-bond acceptors (Lipinski definition) is 5. The number of rotatable bonds is 7. The predicted octanol–water partition coefficient (Wildman–Crippen LogP) is 4.15. The number of aliphatic hydroxyl groups excluding tert-OH is 1. The van der Waals surface area contributed by atoms with E-state index < -0.39 is 17.4 Å². The predicted molar refractivity (Wildman–Crippen MR) is 121 cm³/mol. The van der Waals surface area contributed by atoms with Crippen molar-refractivity contribution in [3.8, 4) is 11.3 Å². The first-order valence-electron chi connectivity index (χ1n) is 10.9. The molecule has 0 radical (unpaired) electrons. The number of aromatic nitrogens is 2. The molecule has 1 aromatic heterocycles. The maximum atomic E-state index is 13.4. The van der Waals surface area contributed by atoms with Crippen LogP contribution in [0.15, 0.2) is 65.6 Å². The molecule has 4 rings (SSSR count). The largest absolute Gasteiger partial charge is 0.438 e. The van der Waals surface area contributed by atoms with E-state index in [-0.39, 0.29) is 18.5 Å². The van der Waals surface area contributed by atoms with Crippen LogP contribution in [0.4, 0.5) is 9.18 Å². The quantitative estimate of drug-likeness (QED) is 0.563. The summed E-state index contributed by atoms with van der Waals surface area (Å²) in [4.78, 5) is 32.7. The number of nitrogens with one attached hydrogen (secondary N) is 1. The lowest BCUT2D eigenvalue weighted by atomic mass is 9.84. The van der Waals surface area contributed by atoms with Gasteiger partial charge in [0.05, 0.1) is 11.7 Å². The molecule has 1 unspecified atom stereocenters. The third-order valence-electron chi connectivity index (χ3n) is 6.21. The third kappa shape index (κ3) is 4.80. The second kappa shape index (κ2) is 9.54. The van der Waals surface area contributed by atoms with Crippen molar-refractivity contribution in [3.05, 3.63) is 88.2 Å². The molecule has 2 heterocycles. The van der Waals surface area contributed by atoms with Crippen molar-refractivity contribution in [2.45, 2.75) is 37.8 Å². The Kier molecular flexibility index (Phi) is 6.55. The van der Waals surface area contributed by atoms with E-state index in [0.29, 0.717) is 31.5 Å². The lowest BCUT2D eigenvalue weighted by Gasteiger charge is -2.43. The SMILES string of the molecule is CC(c1ccc(-c2cc[nH]c(=O)n2)cc1)N1CC[C@](CCCO)(c2ccc(F)cc2)OC1=O. The highest BCUT2D eigenvalue weighted by atomic mass is 19.1. The first-order valence-corrected chi connectivity index (χ1v) is 10.9. The minimum atomic E-state index is -0.889. The highest BCUT2D eigenvalue weighted by Crippen LogP contribution is 2.40. The maximum Gasteiger partial charge on any atom is 0.411 e. The number of carbonyl (C=O) groups excluding carboxylic acids is 1. The van der Waals surface area contributed by atoms with Crippen LogP contribution in [0, 0.1) is 5.82 Å². The van der Waals surface area contributed by atoms with Crippen LogP contribution < -0.4 is 5.69 Å². The van der Waals surface area contributed by atoms with Crippen LogP contribution in [0.5, 0.6) is 0 Å². The molecule has 0 saturated carbocycles. The monoisotopic (exact) mass is 451 g/mol. The average molecular weight is 451 g/mol. The molecule has 1 amide bonds. The Balaban J connectivity index is 1.52. The van der Waals surface area contributed by atoms with Crippen molar-refractivity contribution >= 4 is 6.09 Å². The highest BCUT2D eigenvalue weighted by molar-refractivity contribution is 5.70. The molecule has 0 aliphatic carbocycles. The molecule has 0 spiro atoms. The molecule has 1 aliphatic heterocycles. The Hall–Kier alpha value is -3.52. The smallest absolute Gasteiger partial charge is 0.411 e. The molecule has 1 aliphatic rings. The summed E-state index contributed by atoms with van der Waals surface area (Å²) in [6.45, 7) is 2.37. The van der Waals surface area contributed by atoms with Crippen molar-refractivity contribution in [3.63, 3.8) is 0 Å². The second-order valence-corrected chi connectivity index (χ2v) is 8.22. The van der Waals surface area contributed by atoms with E-state index in [1.807, 2.05) is 31.2 Å². The molecule has 0 bridgehead atoms. The first kappa shape index (κ1) is 22.7. The summed E-state index contributed by atoms with van der Waals surface area (Å²) in [5.41, 5.74) is 1.73. The zero-order valence-electron chi connectivity index (χ0n) is 18.3. The zero-order chi connectivity index (χ0) is 23.4. The minimum absolute atomic E-state index is 0.0187. The van der Waals surface area contributed by atoms with Gasteiger partial charge in [0.15, 0.2) is 0 Å². The Morgan fingerprint density at radius 3 is 2.52 bits per heavy atom. The van der Waals surface area contributed by atoms with Crippen molar-refractivity contribution in [1.29, 1.82) is 0 Å². The number of hydrogen-bond donors (Lipinski definition) is 2. The van der Waals surface area contributed by atoms with E-state index in [2.05, 4.69) is 9.97 Å². The van der Waals surface area contributed by atoms with E-state index in [9.17, 15) is 19.1 Å². The summed E-state index contributed by atoms with van der Waals surface area (Å²) < 4.78 is 19.4. The number of aliphatic hydroxyl groups is 1. The molecule has 2 atom stereocenters. The lowest BCUT2D eigenvalue weighted by Crippen LogP contribution is -2.48. The molecule has 2 N–H and O–H groups in total. The fourth-order valence-corrected chi connectivity index (χ4v) is 4.31. The third-order valence-corrected chi connectivity index (χ3v) is 6.21. The van der Waals surface area contributed by atoms with E-state index in [1.54, 1.807) is 29.3 Å². The molecule has 1 fully saturated rings. The van der Waals surface area contributed by atoms with Crippen LogP contribution in [-0.2, 0) is 10.3 Å². The number of nitrogens with zero attached hydrogens (tertiary/aromatic N) is 2. The van der Waals surface area contributed by atoms with Gasteiger partial charge in [-0.25, -0.2) is 14.0 Å². The number of aromatic amines is 1. The van der Waals surface area contributed by atoms with Gasteiger partial charge >= 0.3 is 11.8 Å². The molecule has 33 heavy (non-hydrogen) atoms. The van der Waals surface area contributed by atoms with Crippen LogP contribution in [0.25, 0.3) is 11.3 Å². The van der Waals surface area contributed by atoms with E-state index in [4.69, 9.17) is 4.74 Å². The Bertz CT molecular complexity index is 1160. The van der Waals surface area contributed by atoms with E-state index in [0.717, 1.165) is 16.7 Å². The van der Waals surface area contributed by atoms with E-state index >= 15 is 0 Å². The lowest BCUT2D eigenvalue weighted by molar-refractivity contribution is -0.0680. The molecule has 2 aromatic carbocycles. The van der Waals surface area contributed by atoms with Gasteiger partial charge in [0.25, 0.3) is 0 Å². The summed E-state index contributed by atoms with van der Waals surface area (Å²) in [6.07, 6.45) is 2.56. The summed E-state index contributed by atoms with van der Waals surface area (Å²) in [6, 6.07) is 15.0. The normalized spacial score (nSPS) is 19.2. The van der Waals surface area contributed by atoms with Crippen molar-refractivity contribution in [2.24, 2.45) is 0 Å².